The lowest BCUT2D eigenvalue weighted by atomic mass is 10.3. The summed E-state index contributed by atoms with van der Waals surface area (Å²) in [5.74, 6) is 1.09. The lowest BCUT2D eigenvalue weighted by Gasteiger charge is -2.19. The van der Waals surface area contributed by atoms with E-state index in [0.29, 0.717) is 28.1 Å². The highest BCUT2D eigenvalue weighted by Gasteiger charge is 2.21. The molecule has 31 heavy (non-hydrogen) atoms. The third-order valence-electron chi connectivity index (χ3n) is 4.54. The van der Waals surface area contributed by atoms with Gasteiger partial charge in [0.2, 0.25) is 6.79 Å². The number of nitrogens with zero attached hydrogens (tertiary/aromatic N) is 4. The number of nitro groups is 1. The second-order valence-electron chi connectivity index (χ2n) is 7.08. The van der Waals surface area contributed by atoms with Crippen LogP contribution < -0.4 is 14.4 Å². The van der Waals surface area contributed by atoms with Gasteiger partial charge in [0.05, 0.1) is 15.1 Å². The number of carbonyl (C=O) groups excluding carboxylic acids is 1. The molecule has 0 saturated heterocycles. The van der Waals surface area contributed by atoms with Crippen LogP contribution >= 0.6 is 22.7 Å². The molecule has 0 atom stereocenters. The number of amides is 1. The molecule has 0 bridgehead atoms. The second kappa shape index (κ2) is 9.00. The summed E-state index contributed by atoms with van der Waals surface area (Å²) in [6.07, 6.45) is 3.81. The number of rotatable bonds is 8. The van der Waals surface area contributed by atoms with Gasteiger partial charge in [-0.05, 0) is 39.2 Å². The number of hydrogen-bond acceptors (Lipinski definition) is 9. The fourth-order valence-corrected chi connectivity index (χ4v) is 4.77. The minimum Gasteiger partial charge on any atom is -0.454 e. The molecule has 0 N–H and O–H groups in total. The minimum atomic E-state index is -0.441. The first-order valence-corrected chi connectivity index (χ1v) is 11.1. The van der Waals surface area contributed by atoms with E-state index in [1.807, 2.05) is 26.2 Å². The van der Waals surface area contributed by atoms with E-state index in [-0.39, 0.29) is 17.7 Å². The zero-order valence-corrected chi connectivity index (χ0v) is 18.6. The third-order valence-corrected chi connectivity index (χ3v) is 6.58. The van der Waals surface area contributed by atoms with Gasteiger partial charge in [-0.1, -0.05) is 22.7 Å². The van der Waals surface area contributed by atoms with Crippen molar-refractivity contribution in [3.05, 3.63) is 45.3 Å². The maximum absolute atomic E-state index is 13.0. The van der Waals surface area contributed by atoms with Crippen LogP contribution in [0.4, 0.5) is 10.1 Å². The van der Waals surface area contributed by atoms with Crippen molar-refractivity contribution in [2.75, 3.05) is 38.9 Å². The first kappa shape index (κ1) is 21.2. The molecule has 0 aliphatic carbocycles. The van der Waals surface area contributed by atoms with Gasteiger partial charge in [-0.3, -0.25) is 19.8 Å². The standard InChI is InChI=1S/C20H20N4O5S2/c1-22(2)8-3-9-23(18(25)6-4-13-5-7-19(30-13)24(26)27)20-21-14-10-15-16(29-12-28-15)11-17(14)31-20/h4-7,10-11H,3,8-9,12H2,1-2H3/b6-4+. The fourth-order valence-electron chi connectivity index (χ4n) is 3.04. The number of anilines is 1. The number of aromatic nitrogens is 1. The molecule has 2 aromatic heterocycles. The molecule has 0 radical (unpaired) electrons. The molecule has 1 aliphatic rings. The van der Waals surface area contributed by atoms with Gasteiger partial charge in [-0.25, -0.2) is 4.98 Å². The summed E-state index contributed by atoms with van der Waals surface area (Å²) >= 11 is 2.44. The summed E-state index contributed by atoms with van der Waals surface area (Å²) in [5.41, 5.74) is 0.743. The van der Waals surface area contributed by atoms with Crippen LogP contribution in [0, 0.1) is 10.1 Å². The van der Waals surface area contributed by atoms with E-state index < -0.39 is 4.92 Å². The molecule has 9 nitrogen and oxygen atoms in total. The van der Waals surface area contributed by atoms with E-state index in [4.69, 9.17) is 9.47 Å². The molecule has 11 heteroatoms. The van der Waals surface area contributed by atoms with E-state index in [0.717, 1.165) is 34.5 Å². The van der Waals surface area contributed by atoms with Crippen LogP contribution in [0.5, 0.6) is 11.5 Å². The third kappa shape index (κ3) is 4.84. The van der Waals surface area contributed by atoms with Gasteiger partial charge in [-0.15, -0.1) is 0 Å². The minimum absolute atomic E-state index is 0.0404. The first-order valence-electron chi connectivity index (χ1n) is 9.49. The predicted octanol–water partition coefficient (Wildman–Crippen LogP) is 3.99. The van der Waals surface area contributed by atoms with Crippen molar-refractivity contribution in [3.63, 3.8) is 0 Å². The Bertz CT molecular complexity index is 1110. The van der Waals surface area contributed by atoms with Gasteiger partial charge in [-0.2, -0.15) is 0 Å². The number of thiazole rings is 1. The number of benzene rings is 1. The summed E-state index contributed by atoms with van der Waals surface area (Å²) in [6.45, 7) is 1.52. The molecule has 0 unspecified atom stereocenters. The van der Waals surface area contributed by atoms with Crippen molar-refractivity contribution in [1.29, 1.82) is 0 Å². The fraction of sp³-hybridized carbons (Fsp3) is 0.300. The molecule has 0 fully saturated rings. The van der Waals surface area contributed by atoms with E-state index in [9.17, 15) is 14.9 Å². The highest BCUT2D eigenvalue weighted by atomic mass is 32.1. The largest absolute Gasteiger partial charge is 0.454 e. The van der Waals surface area contributed by atoms with Crippen LogP contribution in [-0.2, 0) is 4.79 Å². The predicted molar refractivity (Wildman–Crippen MR) is 121 cm³/mol. The zero-order valence-electron chi connectivity index (χ0n) is 16.9. The Morgan fingerprint density at radius 1 is 1.23 bits per heavy atom. The topological polar surface area (TPSA) is 98.0 Å². The van der Waals surface area contributed by atoms with E-state index >= 15 is 0 Å². The van der Waals surface area contributed by atoms with Crippen molar-refractivity contribution in [1.82, 2.24) is 9.88 Å². The molecule has 1 aromatic carbocycles. The van der Waals surface area contributed by atoms with Crippen molar-refractivity contribution in [2.45, 2.75) is 6.42 Å². The number of ether oxygens (including phenoxy) is 2. The molecule has 3 heterocycles. The van der Waals surface area contributed by atoms with Crippen LogP contribution in [0.25, 0.3) is 16.3 Å². The normalized spacial score (nSPS) is 12.9. The van der Waals surface area contributed by atoms with Crippen LogP contribution in [0.3, 0.4) is 0 Å². The summed E-state index contributed by atoms with van der Waals surface area (Å²) in [7, 11) is 3.96. The lowest BCUT2D eigenvalue weighted by molar-refractivity contribution is -0.380. The maximum Gasteiger partial charge on any atom is 0.324 e. The average molecular weight is 461 g/mol. The van der Waals surface area contributed by atoms with Crippen molar-refractivity contribution >= 4 is 55.0 Å². The molecule has 3 aromatic rings. The zero-order chi connectivity index (χ0) is 22.0. The van der Waals surface area contributed by atoms with Crippen molar-refractivity contribution in [3.8, 4) is 11.5 Å². The Hall–Kier alpha value is -3.02. The summed E-state index contributed by atoms with van der Waals surface area (Å²) < 4.78 is 11.8. The maximum atomic E-state index is 13.0. The molecular formula is C20H20N4O5S2. The summed E-state index contributed by atoms with van der Waals surface area (Å²) in [5, 5.41) is 11.5. The van der Waals surface area contributed by atoms with Gasteiger partial charge in [0.1, 0.15) is 0 Å². The van der Waals surface area contributed by atoms with Crippen LogP contribution in [0.2, 0.25) is 0 Å². The van der Waals surface area contributed by atoms with E-state index in [1.54, 1.807) is 17.0 Å². The molecule has 162 valence electrons. The van der Waals surface area contributed by atoms with Gasteiger partial charge < -0.3 is 14.4 Å². The van der Waals surface area contributed by atoms with Gasteiger partial charge in [0.25, 0.3) is 5.91 Å². The number of carbonyl (C=O) groups is 1. The Labute approximate surface area is 186 Å². The van der Waals surface area contributed by atoms with Crippen molar-refractivity contribution < 1.29 is 19.2 Å². The molecule has 4 rings (SSSR count). The Morgan fingerprint density at radius 2 is 2.00 bits per heavy atom. The summed E-state index contributed by atoms with van der Waals surface area (Å²) in [6, 6.07) is 6.76. The molecular weight excluding hydrogens is 440 g/mol. The van der Waals surface area contributed by atoms with Crippen LogP contribution in [0.15, 0.2) is 30.3 Å². The number of thiophene rings is 1. The van der Waals surface area contributed by atoms with Gasteiger partial charge in [0.15, 0.2) is 16.6 Å². The number of fused-ring (bicyclic) bond motifs is 2. The first-order chi connectivity index (χ1) is 14.9. The quantitative estimate of drug-likeness (QED) is 0.285. The van der Waals surface area contributed by atoms with Crippen LogP contribution in [0.1, 0.15) is 11.3 Å². The monoisotopic (exact) mass is 460 g/mol. The average Bonchev–Trinajstić information content (AvgIpc) is 3.45. The molecule has 1 amide bonds. The SMILES string of the molecule is CN(C)CCCN(C(=O)/C=C/c1ccc([N+](=O)[O-])s1)c1nc2cc3c(cc2s1)OCO3. The van der Waals surface area contributed by atoms with Gasteiger partial charge >= 0.3 is 5.00 Å². The smallest absolute Gasteiger partial charge is 0.324 e. The Morgan fingerprint density at radius 3 is 2.71 bits per heavy atom. The second-order valence-corrected chi connectivity index (χ2v) is 9.19. The highest BCUT2D eigenvalue weighted by molar-refractivity contribution is 7.22. The van der Waals surface area contributed by atoms with Gasteiger partial charge in [0, 0.05) is 35.7 Å². The molecule has 0 spiro atoms. The summed E-state index contributed by atoms with van der Waals surface area (Å²) in [4.78, 5) is 32.4. The van der Waals surface area contributed by atoms with Crippen LogP contribution in [-0.4, -0.2) is 54.7 Å². The Balaban J connectivity index is 1.58. The Kier molecular flexibility index (Phi) is 6.16. The van der Waals surface area contributed by atoms with E-state index in [2.05, 4.69) is 9.88 Å². The molecule has 1 aliphatic heterocycles. The number of hydrogen-bond donors (Lipinski definition) is 0. The van der Waals surface area contributed by atoms with E-state index in [1.165, 1.54) is 23.5 Å². The lowest BCUT2D eigenvalue weighted by Crippen LogP contribution is -2.32. The highest BCUT2D eigenvalue weighted by Crippen LogP contribution is 2.40. The van der Waals surface area contributed by atoms with Crippen molar-refractivity contribution in [2.24, 2.45) is 0 Å². The molecule has 0 saturated carbocycles.